The third-order valence-corrected chi connectivity index (χ3v) is 1.83. The van der Waals surface area contributed by atoms with Crippen molar-refractivity contribution >= 4 is 18.3 Å². The Balaban J connectivity index is 0.00000169. The first-order valence-electron chi connectivity index (χ1n) is 4.17. The molecule has 1 unspecified atom stereocenters. The summed E-state index contributed by atoms with van der Waals surface area (Å²) in [5.74, 6) is 0.672. The minimum Gasteiger partial charge on any atom is -0.469 e. The van der Waals surface area contributed by atoms with Crippen LogP contribution in [0, 0.1) is 6.92 Å². The van der Waals surface area contributed by atoms with Gasteiger partial charge in [0.25, 0.3) is 0 Å². The molecule has 0 aromatic carbocycles. The zero-order valence-electron chi connectivity index (χ0n) is 8.24. The third kappa shape index (κ3) is 3.40. The first-order chi connectivity index (χ1) is 6.11. The summed E-state index contributed by atoms with van der Waals surface area (Å²) in [5.41, 5.74) is 6.36. The lowest BCUT2D eigenvalue weighted by Crippen LogP contribution is -2.37. The van der Waals surface area contributed by atoms with Gasteiger partial charge in [0.05, 0.1) is 12.3 Å². The summed E-state index contributed by atoms with van der Waals surface area (Å²) in [6.45, 7) is 3.98. The van der Waals surface area contributed by atoms with Gasteiger partial charge in [-0.25, -0.2) is 0 Å². The van der Waals surface area contributed by atoms with Crippen LogP contribution in [0.4, 0.5) is 0 Å². The minimum atomic E-state index is -0.466. The molecule has 1 aromatic heterocycles. The molecule has 0 aliphatic heterocycles. The summed E-state index contributed by atoms with van der Waals surface area (Å²) in [6.07, 6.45) is 1.60. The van der Waals surface area contributed by atoms with Crippen LogP contribution in [-0.2, 0) is 11.3 Å². The van der Waals surface area contributed by atoms with Gasteiger partial charge < -0.3 is 15.5 Å². The van der Waals surface area contributed by atoms with Crippen molar-refractivity contribution in [2.24, 2.45) is 5.73 Å². The third-order valence-electron chi connectivity index (χ3n) is 1.83. The van der Waals surface area contributed by atoms with Gasteiger partial charge in [0.15, 0.2) is 0 Å². The van der Waals surface area contributed by atoms with Crippen LogP contribution in [0.5, 0.6) is 0 Å². The molecular weight excluding hydrogens is 204 g/mol. The van der Waals surface area contributed by atoms with Crippen molar-refractivity contribution < 1.29 is 9.21 Å². The van der Waals surface area contributed by atoms with E-state index in [1.54, 1.807) is 13.2 Å². The molecule has 0 radical (unpaired) electrons. The maximum absolute atomic E-state index is 11.1. The van der Waals surface area contributed by atoms with E-state index in [1.807, 2.05) is 13.0 Å². The molecule has 5 heteroatoms. The number of rotatable bonds is 3. The largest absolute Gasteiger partial charge is 0.469 e. The molecule has 14 heavy (non-hydrogen) atoms. The van der Waals surface area contributed by atoms with Crippen LogP contribution in [0.2, 0.25) is 0 Å². The summed E-state index contributed by atoms with van der Waals surface area (Å²) >= 11 is 0. The van der Waals surface area contributed by atoms with Crippen LogP contribution in [0.3, 0.4) is 0 Å². The average Bonchev–Trinajstić information content (AvgIpc) is 2.47. The van der Waals surface area contributed by atoms with Gasteiger partial charge in [0, 0.05) is 12.1 Å². The standard InChI is InChI=1S/C9H14N2O2.ClH/c1-6(10)9(12)11-5-8-3-4-13-7(8)2;/h3-4,6H,5,10H2,1-2H3,(H,11,12);1H. The fourth-order valence-corrected chi connectivity index (χ4v) is 0.938. The Bertz CT molecular complexity index is 297. The fourth-order valence-electron chi connectivity index (χ4n) is 0.938. The zero-order valence-corrected chi connectivity index (χ0v) is 9.06. The molecule has 0 saturated heterocycles. The number of furan rings is 1. The molecule has 80 valence electrons. The number of aryl methyl sites for hydroxylation is 1. The van der Waals surface area contributed by atoms with E-state index in [9.17, 15) is 4.79 Å². The first-order valence-corrected chi connectivity index (χ1v) is 4.17. The molecule has 1 aromatic rings. The SMILES string of the molecule is Cc1occc1CNC(=O)C(C)N.Cl. The summed E-state index contributed by atoms with van der Waals surface area (Å²) in [7, 11) is 0. The Hall–Kier alpha value is -1.00. The Kier molecular flexibility index (Phi) is 5.27. The highest BCUT2D eigenvalue weighted by Gasteiger charge is 2.07. The number of nitrogens with one attached hydrogen (secondary N) is 1. The number of hydrogen-bond acceptors (Lipinski definition) is 3. The molecule has 1 atom stereocenters. The minimum absolute atomic E-state index is 0. The van der Waals surface area contributed by atoms with E-state index in [0.29, 0.717) is 6.54 Å². The molecule has 1 heterocycles. The molecule has 1 rings (SSSR count). The van der Waals surface area contributed by atoms with Crippen molar-refractivity contribution in [1.82, 2.24) is 5.32 Å². The van der Waals surface area contributed by atoms with Gasteiger partial charge in [-0.1, -0.05) is 0 Å². The maximum Gasteiger partial charge on any atom is 0.236 e. The van der Waals surface area contributed by atoms with Gasteiger partial charge >= 0.3 is 0 Å². The topological polar surface area (TPSA) is 68.3 Å². The highest BCUT2D eigenvalue weighted by atomic mass is 35.5. The molecule has 0 saturated carbocycles. The highest BCUT2D eigenvalue weighted by Crippen LogP contribution is 2.07. The van der Waals surface area contributed by atoms with Gasteiger partial charge in [-0.05, 0) is 19.9 Å². The number of hydrogen-bond donors (Lipinski definition) is 2. The highest BCUT2D eigenvalue weighted by molar-refractivity contribution is 5.85. The molecule has 0 aliphatic rings. The van der Waals surface area contributed by atoms with Crippen molar-refractivity contribution in [3.05, 3.63) is 23.7 Å². The van der Waals surface area contributed by atoms with Crippen molar-refractivity contribution in [1.29, 1.82) is 0 Å². The van der Waals surface area contributed by atoms with Gasteiger partial charge in [0.1, 0.15) is 5.76 Å². The Morgan fingerprint density at radius 2 is 2.36 bits per heavy atom. The second kappa shape index (κ2) is 5.67. The lowest BCUT2D eigenvalue weighted by atomic mass is 10.2. The lowest BCUT2D eigenvalue weighted by Gasteiger charge is -2.06. The molecule has 0 spiro atoms. The summed E-state index contributed by atoms with van der Waals surface area (Å²) < 4.78 is 5.07. The molecule has 0 aliphatic carbocycles. The Labute approximate surface area is 89.3 Å². The van der Waals surface area contributed by atoms with Crippen LogP contribution in [0.15, 0.2) is 16.7 Å². The molecule has 1 amide bonds. The number of carbonyl (C=O) groups excluding carboxylic acids is 1. The van der Waals surface area contributed by atoms with Crippen molar-refractivity contribution in [3.63, 3.8) is 0 Å². The van der Waals surface area contributed by atoms with E-state index in [4.69, 9.17) is 10.2 Å². The Morgan fingerprint density at radius 1 is 1.71 bits per heavy atom. The Morgan fingerprint density at radius 3 is 2.79 bits per heavy atom. The van der Waals surface area contributed by atoms with Crippen LogP contribution < -0.4 is 11.1 Å². The van der Waals surface area contributed by atoms with E-state index in [1.165, 1.54) is 0 Å². The van der Waals surface area contributed by atoms with Gasteiger partial charge in [-0.2, -0.15) is 0 Å². The van der Waals surface area contributed by atoms with Crippen molar-refractivity contribution in [2.45, 2.75) is 26.4 Å². The van der Waals surface area contributed by atoms with Gasteiger partial charge in [-0.3, -0.25) is 4.79 Å². The summed E-state index contributed by atoms with van der Waals surface area (Å²) in [6, 6.07) is 1.36. The molecule has 3 N–H and O–H groups in total. The van der Waals surface area contributed by atoms with Crippen LogP contribution >= 0.6 is 12.4 Å². The van der Waals surface area contributed by atoms with Crippen LogP contribution in [-0.4, -0.2) is 11.9 Å². The number of halogens is 1. The summed E-state index contributed by atoms with van der Waals surface area (Å²) in [4.78, 5) is 11.1. The molecule has 4 nitrogen and oxygen atoms in total. The van der Waals surface area contributed by atoms with E-state index in [-0.39, 0.29) is 18.3 Å². The molecular formula is C9H15ClN2O2. The van der Waals surface area contributed by atoms with E-state index in [2.05, 4.69) is 5.32 Å². The quantitative estimate of drug-likeness (QED) is 0.795. The van der Waals surface area contributed by atoms with Gasteiger partial charge in [0.2, 0.25) is 5.91 Å². The summed E-state index contributed by atoms with van der Waals surface area (Å²) in [5, 5.41) is 2.70. The van der Waals surface area contributed by atoms with Crippen molar-refractivity contribution in [2.75, 3.05) is 0 Å². The monoisotopic (exact) mass is 218 g/mol. The second-order valence-electron chi connectivity index (χ2n) is 3.01. The predicted molar refractivity (Wildman–Crippen MR) is 56.2 cm³/mol. The number of nitrogens with two attached hydrogens (primary N) is 1. The van der Waals surface area contributed by atoms with Crippen LogP contribution in [0.1, 0.15) is 18.2 Å². The number of amides is 1. The first kappa shape index (κ1) is 13.0. The zero-order chi connectivity index (χ0) is 9.84. The number of carbonyl (C=O) groups is 1. The van der Waals surface area contributed by atoms with E-state index in [0.717, 1.165) is 11.3 Å². The lowest BCUT2D eigenvalue weighted by molar-refractivity contribution is -0.122. The van der Waals surface area contributed by atoms with Gasteiger partial charge in [-0.15, -0.1) is 12.4 Å². The van der Waals surface area contributed by atoms with Crippen molar-refractivity contribution in [3.8, 4) is 0 Å². The molecule has 0 bridgehead atoms. The second-order valence-corrected chi connectivity index (χ2v) is 3.01. The smallest absolute Gasteiger partial charge is 0.236 e. The molecule has 0 fully saturated rings. The normalized spacial score (nSPS) is 11.6. The predicted octanol–water partition coefficient (Wildman–Crippen LogP) is 0.973. The maximum atomic E-state index is 11.1. The van der Waals surface area contributed by atoms with E-state index >= 15 is 0 Å². The van der Waals surface area contributed by atoms with Crippen LogP contribution in [0.25, 0.3) is 0 Å². The van der Waals surface area contributed by atoms with E-state index < -0.39 is 6.04 Å². The average molecular weight is 219 g/mol. The fraction of sp³-hybridized carbons (Fsp3) is 0.444.